The Morgan fingerprint density at radius 1 is 1.27 bits per heavy atom. The van der Waals surface area contributed by atoms with Crippen LogP contribution in [0.4, 0.5) is 4.79 Å². The highest BCUT2D eigenvalue weighted by atomic mass is 16.6. The summed E-state index contributed by atoms with van der Waals surface area (Å²) in [5.74, 6) is 0.0673. The largest absolute Gasteiger partial charge is 0.444 e. The van der Waals surface area contributed by atoms with E-state index in [1.165, 1.54) is 0 Å². The van der Waals surface area contributed by atoms with Crippen molar-refractivity contribution in [2.45, 2.75) is 66.7 Å². The van der Waals surface area contributed by atoms with Crippen LogP contribution in [0.3, 0.4) is 0 Å². The molecule has 0 saturated carbocycles. The van der Waals surface area contributed by atoms with Gasteiger partial charge in [-0.2, -0.15) is 0 Å². The van der Waals surface area contributed by atoms with Crippen LogP contribution in [0.15, 0.2) is 24.3 Å². The van der Waals surface area contributed by atoms with Gasteiger partial charge in [0.2, 0.25) is 5.91 Å². The third-order valence-corrected chi connectivity index (χ3v) is 5.35. The number of likely N-dealkylation sites (tertiary alicyclic amines) is 1. The van der Waals surface area contributed by atoms with Crippen molar-refractivity contribution in [2.75, 3.05) is 6.54 Å². The second-order valence-electron chi connectivity index (χ2n) is 8.90. The van der Waals surface area contributed by atoms with E-state index in [0.717, 1.165) is 11.1 Å². The Balaban J connectivity index is 2.17. The second kappa shape index (κ2) is 7.29. The summed E-state index contributed by atoms with van der Waals surface area (Å²) in [5.41, 5.74) is 1.30. The molecule has 1 aliphatic rings. The van der Waals surface area contributed by atoms with Gasteiger partial charge in [0.25, 0.3) is 0 Å². The number of carbonyl (C=O) groups excluding carboxylic acids is 2. The Morgan fingerprint density at radius 3 is 2.46 bits per heavy atom. The van der Waals surface area contributed by atoms with Crippen LogP contribution in [0.25, 0.3) is 0 Å². The number of hydrogen-bond donors (Lipinski definition) is 1. The van der Waals surface area contributed by atoms with Crippen molar-refractivity contribution in [3.8, 4) is 0 Å². The molecular weight excluding hydrogens is 328 g/mol. The molecule has 1 aromatic carbocycles. The minimum atomic E-state index is -0.588. The summed E-state index contributed by atoms with van der Waals surface area (Å²) in [5, 5.41) is 3.02. The van der Waals surface area contributed by atoms with Crippen LogP contribution >= 0.6 is 0 Å². The zero-order chi connectivity index (χ0) is 19.7. The Morgan fingerprint density at radius 2 is 1.88 bits per heavy atom. The predicted octanol–water partition coefficient (Wildman–Crippen LogP) is 3.89. The highest BCUT2D eigenvalue weighted by Gasteiger charge is 2.52. The number of carbonyl (C=O) groups is 2. The summed E-state index contributed by atoms with van der Waals surface area (Å²) in [6.45, 7) is 14.7. The van der Waals surface area contributed by atoms with Crippen LogP contribution < -0.4 is 5.32 Å². The molecule has 2 atom stereocenters. The first-order chi connectivity index (χ1) is 11.9. The molecule has 2 amide bonds. The van der Waals surface area contributed by atoms with Gasteiger partial charge in [-0.05, 0) is 50.2 Å². The maximum Gasteiger partial charge on any atom is 0.411 e. The molecule has 5 heteroatoms. The van der Waals surface area contributed by atoms with E-state index in [1.807, 2.05) is 65.8 Å². The number of rotatable bonds is 3. The van der Waals surface area contributed by atoms with Crippen molar-refractivity contribution in [2.24, 2.45) is 11.3 Å². The molecule has 0 bridgehead atoms. The topological polar surface area (TPSA) is 58.6 Å². The van der Waals surface area contributed by atoms with Crippen molar-refractivity contribution in [1.82, 2.24) is 10.2 Å². The number of ether oxygens (including phenoxy) is 1. The molecule has 0 aliphatic carbocycles. The van der Waals surface area contributed by atoms with E-state index in [0.29, 0.717) is 13.1 Å². The van der Waals surface area contributed by atoms with Gasteiger partial charge in [0.15, 0.2) is 0 Å². The van der Waals surface area contributed by atoms with Gasteiger partial charge in [0.1, 0.15) is 11.6 Å². The Kier molecular flexibility index (Phi) is 5.69. The zero-order valence-electron chi connectivity index (χ0n) is 17.1. The molecule has 1 saturated heterocycles. The zero-order valence-corrected chi connectivity index (χ0v) is 17.1. The minimum Gasteiger partial charge on any atom is -0.444 e. The second-order valence-corrected chi connectivity index (χ2v) is 8.90. The number of nitrogens with zero attached hydrogens (tertiary/aromatic N) is 1. The molecule has 2 rings (SSSR count). The van der Waals surface area contributed by atoms with E-state index in [2.05, 4.69) is 12.2 Å². The Hall–Kier alpha value is -2.04. The van der Waals surface area contributed by atoms with E-state index in [-0.39, 0.29) is 17.2 Å². The third kappa shape index (κ3) is 4.37. The van der Waals surface area contributed by atoms with E-state index in [9.17, 15) is 9.59 Å². The summed E-state index contributed by atoms with van der Waals surface area (Å²) in [7, 11) is 0. The molecule has 26 heavy (non-hydrogen) atoms. The smallest absolute Gasteiger partial charge is 0.411 e. The fourth-order valence-electron chi connectivity index (χ4n) is 3.37. The van der Waals surface area contributed by atoms with Gasteiger partial charge in [-0.3, -0.25) is 9.69 Å². The molecule has 1 heterocycles. The minimum absolute atomic E-state index is 0.131. The van der Waals surface area contributed by atoms with Crippen molar-refractivity contribution in [1.29, 1.82) is 0 Å². The highest BCUT2D eigenvalue weighted by molar-refractivity contribution is 5.87. The molecule has 0 radical (unpaired) electrons. The summed E-state index contributed by atoms with van der Waals surface area (Å²) < 4.78 is 5.53. The molecular formula is C21H32N2O3. The van der Waals surface area contributed by atoms with Gasteiger partial charge in [0, 0.05) is 13.1 Å². The average molecular weight is 360 g/mol. The SMILES string of the molecule is Cc1ccccc1CNC(=O)C1N(C(=O)OC(C)(C)C)CC(C)C1(C)C. The monoisotopic (exact) mass is 360 g/mol. The van der Waals surface area contributed by atoms with E-state index in [1.54, 1.807) is 4.90 Å². The number of hydrogen-bond acceptors (Lipinski definition) is 3. The van der Waals surface area contributed by atoms with Gasteiger partial charge in [-0.15, -0.1) is 0 Å². The maximum absolute atomic E-state index is 13.0. The summed E-state index contributed by atoms with van der Waals surface area (Å²) in [6.07, 6.45) is -0.425. The molecule has 1 aromatic rings. The lowest BCUT2D eigenvalue weighted by Crippen LogP contribution is -2.52. The van der Waals surface area contributed by atoms with Crippen molar-refractivity contribution in [3.05, 3.63) is 35.4 Å². The van der Waals surface area contributed by atoms with Crippen LogP contribution in [-0.2, 0) is 16.1 Å². The number of benzene rings is 1. The number of aryl methyl sites for hydroxylation is 1. The highest BCUT2D eigenvalue weighted by Crippen LogP contribution is 2.41. The van der Waals surface area contributed by atoms with Crippen LogP contribution in [0, 0.1) is 18.3 Å². The Labute approximate surface area is 157 Å². The lowest BCUT2D eigenvalue weighted by Gasteiger charge is -2.33. The third-order valence-electron chi connectivity index (χ3n) is 5.35. The summed E-state index contributed by atoms with van der Waals surface area (Å²) >= 11 is 0. The van der Waals surface area contributed by atoms with Gasteiger partial charge in [-0.25, -0.2) is 4.79 Å². The van der Waals surface area contributed by atoms with Crippen LogP contribution in [0.1, 0.15) is 52.7 Å². The standard InChI is InChI=1S/C21H32N2O3/c1-14-10-8-9-11-16(14)12-22-18(24)17-21(6,7)15(2)13-23(17)19(25)26-20(3,4)5/h8-11,15,17H,12-13H2,1-7H3,(H,22,24). The summed E-state index contributed by atoms with van der Waals surface area (Å²) in [6, 6.07) is 7.42. The molecule has 0 aromatic heterocycles. The van der Waals surface area contributed by atoms with E-state index >= 15 is 0 Å². The first-order valence-corrected chi connectivity index (χ1v) is 9.25. The molecule has 144 valence electrons. The summed E-state index contributed by atoms with van der Waals surface area (Å²) in [4.78, 5) is 27.3. The first kappa shape index (κ1) is 20.3. The molecule has 5 nitrogen and oxygen atoms in total. The first-order valence-electron chi connectivity index (χ1n) is 9.25. The number of nitrogens with one attached hydrogen (secondary N) is 1. The van der Waals surface area contributed by atoms with Crippen molar-refractivity contribution < 1.29 is 14.3 Å². The van der Waals surface area contributed by atoms with Crippen LogP contribution in [-0.4, -0.2) is 35.1 Å². The predicted molar refractivity (Wildman–Crippen MR) is 103 cm³/mol. The van der Waals surface area contributed by atoms with Crippen LogP contribution in [0.2, 0.25) is 0 Å². The lowest BCUT2D eigenvalue weighted by molar-refractivity contribution is -0.128. The Bertz CT molecular complexity index is 676. The molecule has 1 fully saturated rings. The molecule has 1 N–H and O–H groups in total. The van der Waals surface area contributed by atoms with E-state index in [4.69, 9.17) is 4.74 Å². The van der Waals surface area contributed by atoms with Crippen LogP contribution in [0.5, 0.6) is 0 Å². The van der Waals surface area contributed by atoms with Crippen molar-refractivity contribution >= 4 is 12.0 Å². The maximum atomic E-state index is 13.0. The molecule has 2 unspecified atom stereocenters. The normalized spacial score (nSPS) is 22.2. The molecule has 0 spiro atoms. The van der Waals surface area contributed by atoms with Gasteiger partial charge >= 0.3 is 6.09 Å². The van der Waals surface area contributed by atoms with Gasteiger partial charge in [0.05, 0.1) is 0 Å². The number of amides is 2. The lowest BCUT2D eigenvalue weighted by atomic mass is 9.77. The quantitative estimate of drug-likeness (QED) is 0.889. The van der Waals surface area contributed by atoms with E-state index < -0.39 is 17.7 Å². The average Bonchev–Trinajstić information content (AvgIpc) is 2.75. The molecule has 1 aliphatic heterocycles. The van der Waals surface area contributed by atoms with Gasteiger partial charge in [-0.1, -0.05) is 45.0 Å². The van der Waals surface area contributed by atoms with Crippen molar-refractivity contribution in [3.63, 3.8) is 0 Å². The van der Waals surface area contributed by atoms with Gasteiger partial charge < -0.3 is 10.1 Å². The fraction of sp³-hybridized carbons (Fsp3) is 0.619. The fourth-order valence-corrected chi connectivity index (χ4v) is 3.37.